The minimum Gasteiger partial charge on any atom is -1.00 e. The Morgan fingerprint density at radius 2 is 1.96 bits per heavy atom. The molecule has 2 aliphatic carbocycles. The van der Waals surface area contributed by atoms with Crippen LogP contribution in [0.4, 0.5) is 0 Å². The van der Waals surface area contributed by atoms with Gasteiger partial charge in [-0.2, -0.15) is 0 Å². The van der Waals surface area contributed by atoms with Gasteiger partial charge in [0.1, 0.15) is 0 Å². The molecule has 1 aliphatic heterocycles. The standard InChI is InChI=1S/C22H25NO4.ClH/c1-5-6-23-13-15-9-18(24)21(27-4)12-22(15)11-16(23)7-14-8-19(25-2)20(26-3)10-17(14)22;/h5,8-10,12,16H,1,6-7,11,13H2,2-4H3;1H. The number of carbonyl (C=O) groups is 1. The zero-order valence-corrected chi connectivity index (χ0v) is 17.2. The second-order valence-corrected chi connectivity index (χ2v) is 7.36. The highest BCUT2D eigenvalue weighted by Crippen LogP contribution is 2.52. The zero-order chi connectivity index (χ0) is 19.2. The molecule has 150 valence electrons. The molecule has 2 unspecified atom stereocenters. The SMILES string of the molecule is C=CCN1CC2=CC(=O)C(OC)=CC23CC1Cc1cc(OC)c(OC)cc13.[Cl-].[H+]. The molecule has 0 amide bonds. The van der Waals surface area contributed by atoms with Gasteiger partial charge in [0.05, 0.1) is 21.3 Å². The number of rotatable bonds is 5. The fourth-order valence-corrected chi connectivity index (χ4v) is 4.83. The molecule has 1 heterocycles. The van der Waals surface area contributed by atoms with Crippen molar-refractivity contribution in [3.05, 3.63) is 59.4 Å². The van der Waals surface area contributed by atoms with Gasteiger partial charge in [-0.05, 0) is 53.8 Å². The van der Waals surface area contributed by atoms with Gasteiger partial charge in [0, 0.05) is 24.5 Å². The Balaban J connectivity index is 0.00000150. The molecular formula is C22H26ClNO4. The van der Waals surface area contributed by atoms with Gasteiger partial charge in [0.25, 0.3) is 0 Å². The van der Waals surface area contributed by atoms with Crippen molar-refractivity contribution in [2.24, 2.45) is 0 Å². The maximum atomic E-state index is 12.5. The molecule has 6 heteroatoms. The Bertz CT molecular complexity index is 882. The van der Waals surface area contributed by atoms with Crippen molar-refractivity contribution in [3.63, 3.8) is 0 Å². The number of halogens is 1. The number of nitrogens with zero attached hydrogens (tertiary/aromatic N) is 1. The third kappa shape index (κ3) is 2.93. The highest BCUT2D eigenvalue weighted by atomic mass is 35.5. The Morgan fingerprint density at radius 3 is 2.61 bits per heavy atom. The number of allylic oxidation sites excluding steroid dienone is 2. The summed E-state index contributed by atoms with van der Waals surface area (Å²) in [5, 5.41) is 0. The molecule has 5 nitrogen and oxygen atoms in total. The molecule has 2 atom stereocenters. The summed E-state index contributed by atoms with van der Waals surface area (Å²) in [7, 11) is 4.86. The molecule has 4 rings (SSSR count). The molecule has 1 spiro atoms. The third-order valence-electron chi connectivity index (χ3n) is 6.08. The van der Waals surface area contributed by atoms with Crippen molar-refractivity contribution < 1.29 is 32.8 Å². The van der Waals surface area contributed by atoms with Crippen LogP contribution in [0.1, 0.15) is 19.0 Å². The van der Waals surface area contributed by atoms with Gasteiger partial charge in [-0.1, -0.05) is 6.08 Å². The molecule has 0 saturated carbocycles. The minimum absolute atomic E-state index is 0. The maximum Gasteiger partial charge on any atom is 1.00 e. The largest absolute Gasteiger partial charge is 1.00 e. The van der Waals surface area contributed by atoms with E-state index in [9.17, 15) is 4.79 Å². The lowest BCUT2D eigenvalue weighted by Gasteiger charge is -2.52. The molecule has 2 bridgehead atoms. The van der Waals surface area contributed by atoms with Crippen LogP contribution in [-0.2, 0) is 21.4 Å². The number of hydrogen-bond donors (Lipinski definition) is 0. The fourth-order valence-electron chi connectivity index (χ4n) is 4.83. The van der Waals surface area contributed by atoms with Crippen LogP contribution in [0, 0.1) is 0 Å². The van der Waals surface area contributed by atoms with E-state index < -0.39 is 0 Å². The average Bonchev–Trinajstić information content (AvgIpc) is 2.68. The lowest BCUT2D eigenvalue weighted by molar-refractivity contribution is -0.114. The summed E-state index contributed by atoms with van der Waals surface area (Å²) in [5.41, 5.74) is 3.18. The summed E-state index contributed by atoms with van der Waals surface area (Å²) in [5.74, 6) is 1.79. The summed E-state index contributed by atoms with van der Waals surface area (Å²) in [6.45, 7) is 5.46. The lowest BCUT2D eigenvalue weighted by atomic mass is 9.59. The maximum absolute atomic E-state index is 12.5. The van der Waals surface area contributed by atoms with E-state index >= 15 is 0 Å². The monoisotopic (exact) mass is 403 g/mol. The van der Waals surface area contributed by atoms with Gasteiger partial charge in [-0.15, -0.1) is 6.58 Å². The van der Waals surface area contributed by atoms with E-state index in [0.29, 0.717) is 17.6 Å². The van der Waals surface area contributed by atoms with Crippen LogP contribution in [0.3, 0.4) is 0 Å². The highest BCUT2D eigenvalue weighted by molar-refractivity contribution is 6.05. The van der Waals surface area contributed by atoms with Crippen molar-refractivity contribution >= 4 is 5.78 Å². The number of ether oxygens (including phenoxy) is 3. The third-order valence-corrected chi connectivity index (χ3v) is 6.08. The topological polar surface area (TPSA) is 48.0 Å². The van der Waals surface area contributed by atoms with E-state index in [0.717, 1.165) is 37.3 Å². The predicted octanol–water partition coefficient (Wildman–Crippen LogP) is -0.0861. The molecule has 28 heavy (non-hydrogen) atoms. The molecule has 1 saturated heterocycles. The van der Waals surface area contributed by atoms with E-state index in [2.05, 4.69) is 23.6 Å². The fraction of sp³-hybridized carbons (Fsp3) is 0.409. The van der Waals surface area contributed by atoms with Crippen LogP contribution in [0.5, 0.6) is 11.5 Å². The average molecular weight is 404 g/mol. The molecule has 0 radical (unpaired) electrons. The Hall–Kier alpha value is -2.24. The van der Waals surface area contributed by atoms with Crippen LogP contribution in [0.2, 0.25) is 0 Å². The first-order valence-corrected chi connectivity index (χ1v) is 9.18. The van der Waals surface area contributed by atoms with Gasteiger partial charge < -0.3 is 26.6 Å². The van der Waals surface area contributed by atoms with E-state index in [-0.39, 0.29) is 25.0 Å². The number of carbonyl (C=O) groups excluding carboxylic acids is 1. The first-order chi connectivity index (χ1) is 13.1. The number of hydrogen-bond acceptors (Lipinski definition) is 5. The first kappa shape index (κ1) is 20.5. The van der Waals surface area contributed by atoms with Crippen LogP contribution in [0.15, 0.2) is 48.3 Å². The number of piperidine rings is 1. The van der Waals surface area contributed by atoms with Gasteiger partial charge >= 0.3 is 1.43 Å². The van der Waals surface area contributed by atoms with Crippen molar-refractivity contribution in [3.8, 4) is 11.5 Å². The van der Waals surface area contributed by atoms with Gasteiger partial charge in [-0.3, -0.25) is 9.69 Å². The number of benzene rings is 1. The second-order valence-electron chi connectivity index (χ2n) is 7.36. The van der Waals surface area contributed by atoms with Crippen LogP contribution < -0.4 is 21.9 Å². The van der Waals surface area contributed by atoms with Crippen molar-refractivity contribution in [1.29, 1.82) is 0 Å². The summed E-state index contributed by atoms with van der Waals surface area (Å²) >= 11 is 0. The Kier molecular flexibility index (Phi) is 5.60. The lowest BCUT2D eigenvalue weighted by Crippen LogP contribution is -3.00. The smallest absolute Gasteiger partial charge is 1.00 e. The molecule has 0 N–H and O–H groups in total. The van der Waals surface area contributed by atoms with E-state index in [1.54, 1.807) is 27.4 Å². The van der Waals surface area contributed by atoms with Crippen LogP contribution >= 0.6 is 0 Å². The number of fused-ring (bicyclic) bond motifs is 2. The molecule has 1 aromatic rings. The van der Waals surface area contributed by atoms with E-state index in [1.165, 1.54) is 11.1 Å². The summed E-state index contributed by atoms with van der Waals surface area (Å²) < 4.78 is 16.5. The molecule has 1 aromatic carbocycles. The Labute approximate surface area is 173 Å². The minimum atomic E-state index is -0.339. The number of likely N-dealkylation sites (tertiary alicyclic amines) is 1. The molecule has 0 aromatic heterocycles. The quantitative estimate of drug-likeness (QED) is 0.643. The predicted molar refractivity (Wildman–Crippen MR) is 104 cm³/mol. The Morgan fingerprint density at radius 1 is 1.25 bits per heavy atom. The van der Waals surface area contributed by atoms with E-state index in [1.807, 2.05) is 12.2 Å². The normalized spacial score (nSPS) is 25.4. The van der Waals surface area contributed by atoms with Crippen molar-refractivity contribution in [2.45, 2.75) is 24.3 Å². The van der Waals surface area contributed by atoms with Gasteiger partial charge in [0.15, 0.2) is 17.3 Å². The van der Waals surface area contributed by atoms with Crippen LogP contribution in [-0.4, -0.2) is 51.1 Å². The summed E-state index contributed by atoms with van der Waals surface area (Å²) in [6.07, 6.45) is 7.56. The number of ketones is 1. The molecular weight excluding hydrogens is 378 g/mol. The second kappa shape index (κ2) is 7.64. The van der Waals surface area contributed by atoms with Gasteiger partial charge in [-0.25, -0.2) is 0 Å². The van der Waals surface area contributed by atoms with E-state index in [4.69, 9.17) is 14.2 Å². The molecule has 3 aliphatic rings. The van der Waals surface area contributed by atoms with Crippen molar-refractivity contribution in [1.82, 2.24) is 4.90 Å². The van der Waals surface area contributed by atoms with Crippen molar-refractivity contribution in [2.75, 3.05) is 34.4 Å². The van der Waals surface area contributed by atoms with Gasteiger partial charge in [0.2, 0.25) is 5.78 Å². The first-order valence-electron chi connectivity index (χ1n) is 9.18. The summed E-state index contributed by atoms with van der Waals surface area (Å²) in [6, 6.07) is 4.52. The number of methoxy groups -OCH3 is 3. The summed E-state index contributed by atoms with van der Waals surface area (Å²) in [4.78, 5) is 14.9. The van der Waals surface area contributed by atoms with Crippen LogP contribution in [0.25, 0.3) is 0 Å². The highest BCUT2D eigenvalue weighted by Gasteiger charge is 2.50. The molecule has 1 fully saturated rings. The zero-order valence-electron chi connectivity index (χ0n) is 17.5.